The number of urea groups is 1. The summed E-state index contributed by atoms with van der Waals surface area (Å²) in [7, 11) is -1.92. The Labute approximate surface area is 249 Å². The van der Waals surface area contributed by atoms with E-state index in [1.54, 1.807) is 0 Å². The predicted octanol–water partition coefficient (Wildman–Crippen LogP) is 9.98. The molecule has 7 heteroatoms. The Morgan fingerprint density at radius 1 is 0.651 bits per heavy atom. The third-order valence-corrected chi connectivity index (χ3v) is 8.64. The Kier molecular flexibility index (Phi) is 7.30. The Hall–Kier alpha value is -5.03. The number of anilines is 1. The van der Waals surface area contributed by atoms with Gasteiger partial charge < -0.3 is 19.0 Å². The number of fused-ring (bicyclic) bond motifs is 7. The van der Waals surface area contributed by atoms with E-state index in [1.165, 1.54) is 0 Å². The molecule has 1 heterocycles. The maximum atomic E-state index is 12.9. The number of rotatable bonds is 6. The molecule has 6 aromatic carbocycles. The quantitative estimate of drug-likeness (QED) is 0.204. The van der Waals surface area contributed by atoms with Crippen LogP contribution in [0, 0.1) is 0 Å². The second-order valence-electron chi connectivity index (χ2n) is 10.4. The Balaban J connectivity index is 1.36. The van der Waals surface area contributed by atoms with Crippen LogP contribution in [0.1, 0.15) is 18.6 Å². The van der Waals surface area contributed by atoms with Crippen molar-refractivity contribution in [1.29, 1.82) is 0 Å². The van der Waals surface area contributed by atoms with Crippen LogP contribution >= 0.6 is 8.24 Å². The number of carbonyl (C=O) groups is 1. The van der Waals surface area contributed by atoms with Crippen LogP contribution in [-0.4, -0.2) is 12.1 Å². The first-order valence-corrected chi connectivity index (χ1v) is 15.3. The van der Waals surface area contributed by atoms with Gasteiger partial charge in [0.25, 0.3) is 0 Å². The highest BCUT2D eigenvalue weighted by molar-refractivity contribution is 7.31. The van der Waals surface area contributed by atoms with Crippen molar-refractivity contribution in [2.75, 3.05) is 5.32 Å². The van der Waals surface area contributed by atoms with E-state index in [1.807, 2.05) is 104 Å². The molecule has 0 unspecified atom stereocenters. The second-order valence-corrected chi connectivity index (χ2v) is 11.4. The first-order valence-electron chi connectivity index (χ1n) is 14.2. The molecule has 2 N–H and O–H groups in total. The number of amides is 2. The molecule has 6 nitrogen and oxygen atoms in total. The van der Waals surface area contributed by atoms with E-state index in [2.05, 4.69) is 47.0 Å². The lowest BCUT2D eigenvalue weighted by Gasteiger charge is -2.24. The van der Waals surface area contributed by atoms with Gasteiger partial charge in [-0.25, -0.2) is 4.79 Å². The predicted molar refractivity (Wildman–Crippen MR) is 175 cm³/mol. The summed E-state index contributed by atoms with van der Waals surface area (Å²) in [6.45, 7) is 1.91. The Morgan fingerprint density at radius 2 is 1.16 bits per heavy atom. The van der Waals surface area contributed by atoms with Gasteiger partial charge in [-0.3, -0.25) is 4.52 Å². The topological polar surface area (TPSA) is 76.6 Å². The molecular weight excluding hydrogens is 555 g/mol. The summed E-state index contributed by atoms with van der Waals surface area (Å²) in [5.41, 5.74) is 2.98. The van der Waals surface area contributed by atoms with Gasteiger partial charge in [0.2, 0.25) is 0 Å². The van der Waals surface area contributed by atoms with Crippen molar-refractivity contribution in [2.45, 2.75) is 19.1 Å². The van der Waals surface area contributed by atoms with Crippen molar-refractivity contribution in [3.05, 3.63) is 139 Å². The normalized spacial score (nSPS) is 12.8. The molecule has 0 aliphatic carbocycles. The number of carbonyl (C=O) groups excluding carboxylic acids is 1. The average molecular weight is 585 g/mol. The van der Waals surface area contributed by atoms with Gasteiger partial charge in [-0.05, 0) is 58.3 Å². The molecule has 0 fully saturated rings. The molecule has 43 heavy (non-hydrogen) atoms. The fourth-order valence-corrected chi connectivity index (χ4v) is 6.78. The number of hydrogen-bond acceptors (Lipinski definition) is 4. The number of hydrogen-bond donors (Lipinski definition) is 2. The van der Waals surface area contributed by atoms with Gasteiger partial charge in [0.1, 0.15) is 17.3 Å². The van der Waals surface area contributed by atoms with Crippen molar-refractivity contribution in [3.8, 4) is 0 Å². The van der Waals surface area contributed by atoms with E-state index in [-0.39, 0.29) is 6.03 Å². The molecule has 0 aliphatic rings. The number of benzene rings is 6. The standard InChI is InChI=1S/C36H29N2O4P/c1-24(37-36(39)38-28-16-6-3-7-17-28)35(27-14-4-2-5-15-27)42-43-40-31-22-20-25-12-8-10-18-29(25)33(31)34-30-19-11-9-13-26(30)21-23-32(34)41-43/h2-24,35H,1H3,(H2,37,38,39)/t24-,35-/m1/s1. The van der Waals surface area contributed by atoms with Crippen molar-refractivity contribution in [3.63, 3.8) is 0 Å². The van der Waals surface area contributed by atoms with Crippen LogP contribution in [0.2, 0.25) is 0 Å². The zero-order valence-corrected chi connectivity index (χ0v) is 24.3. The van der Waals surface area contributed by atoms with E-state index in [9.17, 15) is 4.79 Å². The van der Waals surface area contributed by atoms with Crippen LogP contribution in [0.5, 0.6) is 0 Å². The Morgan fingerprint density at radius 3 is 1.74 bits per heavy atom. The van der Waals surface area contributed by atoms with Crippen molar-refractivity contribution in [1.82, 2.24) is 5.32 Å². The van der Waals surface area contributed by atoms with E-state index < -0.39 is 20.4 Å². The van der Waals surface area contributed by atoms with Gasteiger partial charge in [0.05, 0.1) is 6.04 Å². The smallest absolute Gasteiger partial charge is 0.388 e. The summed E-state index contributed by atoms with van der Waals surface area (Å²) >= 11 is 0. The molecule has 0 aliphatic heterocycles. The lowest BCUT2D eigenvalue weighted by molar-refractivity contribution is 0.204. The van der Waals surface area contributed by atoms with Crippen LogP contribution in [0.3, 0.4) is 0 Å². The van der Waals surface area contributed by atoms with Crippen LogP contribution < -0.4 is 15.2 Å². The highest BCUT2D eigenvalue weighted by Gasteiger charge is 2.25. The maximum absolute atomic E-state index is 12.9. The monoisotopic (exact) mass is 584 g/mol. The second kappa shape index (κ2) is 11.7. The summed E-state index contributed by atoms with van der Waals surface area (Å²) in [6, 6.07) is 43.1. The molecule has 0 spiro atoms. The van der Waals surface area contributed by atoms with Gasteiger partial charge in [-0.2, -0.15) is 0 Å². The maximum Gasteiger partial charge on any atom is 0.388 e. The zero-order valence-electron chi connectivity index (χ0n) is 23.4. The molecule has 0 saturated carbocycles. The molecule has 1 aromatic heterocycles. The molecule has 7 aromatic rings. The Bertz CT molecular complexity index is 2010. The SMILES string of the molecule is C[C@@H](NC(=O)Nc1ccccc1)[C@@H](Op1oc2ccc3ccccc3c2c2c(ccc3ccccc32)o1)c1ccccc1. The van der Waals surface area contributed by atoms with Gasteiger partial charge in [-0.15, -0.1) is 0 Å². The third-order valence-electron chi connectivity index (χ3n) is 7.55. The zero-order chi connectivity index (χ0) is 29.2. The first-order chi connectivity index (χ1) is 21.1. The van der Waals surface area contributed by atoms with Crippen LogP contribution in [-0.2, 0) is 0 Å². The lowest BCUT2D eigenvalue weighted by Crippen LogP contribution is -2.41. The van der Waals surface area contributed by atoms with Gasteiger partial charge in [-0.1, -0.05) is 109 Å². The molecule has 212 valence electrons. The van der Waals surface area contributed by atoms with Crippen molar-refractivity contribution >= 4 is 63.4 Å². The fourth-order valence-electron chi connectivity index (χ4n) is 5.54. The first kappa shape index (κ1) is 26.8. The molecule has 0 radical (unpaired) electrons. The molecule has 2 atom stereocenters. The number of para-hydroxylation sites is 1. The van der Waals surface area contributed by atoms with E-state index in [4.69, 9.17) is 12.9 Å². The minimum atomic E-state index is -1.92. The highest BCUT2D eigenvalue weighted by atomic mass is 31.1. The highest BCUT2D eigenvalue weighted by Crippen LogP contribution is 2.42. The molecule has 2 amide bonds. The average Bonchev–Trinajstić information content (AvgIpc) is 3.21. The lowest BCUT2D eigenvalue weighted by atomic mass is 9.99. The minimum absolute atomic E-state index is 0.327. The summed E-state index contributed by atoms with van der Waals surface area (Å²) in [4.78, 5) is 12.9. The fraction of sp³-hybridized carbons (Fsp3) is 0.0833. The summed E-state index contributed by atoms with van der Waals surface area (Å²) in [6.07, 6.45) is -0.556. The van der Waals surface area contributed by atoms with E-state index >= 15 is 0 Å². The summed E-state index contributed by atoms with van der Waals surface area (Å²) in [5.74, 6) is 0. The van der Waals surface area contributed by atoms with E-state index in [0.717, 1.165) is 37.9 Å². The van der Waals surface area contributed by atoms with Crippen molar-refractivity contribution < 1.29 is 17.7 Å². The van der Waals surface area contributed by atoms with Crippen LogP contribution in [0.25, 0.3) is 43.5 Å². The molecule has 7 rings (SSSR count). The molecule has 0 bridgehead atoms. The van der Waals surface area contributed by atoms with Gasteiger partial charge in [0, 0.05) is 16.5 Å². The van der Waals surface area contributed by atoms with Crippen LogP contribution in [0.4, 0.5) is 10.5 Å². The summed E-state index contributed by atoms with van der Waals surface area (Å²) < 4.78 is 19.9. The minimum Gasteiger partial charge on any atom is -0.399 e. The molecule has 0 saturated heterocycles. The largest absolute Gasteiger partial charge is 0.399 e. The number of nitrogens with one attached hydrogen (secondary N) is 2. The third kappa shape index (κ3) is 5.46. The van der Waals surface area contributed by atoms with Crippen molar-refractivity contribution in [2.24, 2.45) is 0 Å². The van der Waals surface area contributed by atoms with E-state index in [0.29, 0.717) is 16.9 Å². The molecular formula is C36H29N2O4P. The van der Waals surface area contributed by atoms with Crippen LogP contribution in [0.15, 0.2) is 142 Å². The van der Waals surface area contributed by atoms with Gasteiger partial charge in [0.15, 0.2) is 0 Å². The summed E-state index contributed by atoms with van der Waals surface area (Å²) in [5, 5.41) is 12.3. The van der Waals surface area contributed by atoms with Gasteiger partial charge >= 0.3 is 14.3 Å².